The molecule has 0 fully saturated rings. The van der Waals surface area contributed by atoms with E-state index < -0.39 is 0 Å². The Morgan fingerprint density at radius 1 is 1.22 bits per heavy atom. The molecule has 3 heterocycles. The molecule has 0 bridgehead atoms. The molecule has 0 saturated carbocycles. The Morgan fingerprint density at radius 2 is 2.04 bits per heavy atom. The van der Waals surface area contributed by atoms with Gasteiger partial charge in [-0.25, -0.2) is 14.8 Å². The topological polar surface area (TPSA) is 91.0 Å². The van der Waals surface area contributed by atoms with Crippen molar-refractivity contribution in [1.29, 1.82) is 5.26 Å². The molecule has 7 heteroatoms. The second-order valence-corrected chi connectivity index (χ2v) is 7.09. The van der Waals surface area contributed by atoms with Crippen molar-refractivity contribution in [2.45, 2.75) is 18.9 Å². The highest BCUT2D eigenvalue weighted by Crippen LogP contribution is 2.37. The van der Waals surface area contributed by atoms with Crippen LogP contribution >= 0.6 is 11.3 Å². The maximum Gasteiger partial charge on any atom is 0.341 e. The van der Waals surface area contributed by atoms with E-state index in [9.17, 15) is 4.79 Å². The Balaban J connectivity index is 1.72. The summed E-state index contributed by atoms with van der Waals surface area (Å²) in [5.74, 6) is -0.149. The molecule has 4 rings (SSSR count). The molecule has 1 aliphatic heterocycles. The fraction of sp³-hybridized carbons (Fsp3) is 0.150. The van der Waals surface area contributed by atoms with Gasteiger partial charge in [-0.15, -0.1) is 11.3 Å². The number of nitriles is 1. The number of hydrogen-bond acceptors (Lipinski definition) is 5. The first-order chi connectivity index (χ1) is 13.2. The number of aromatic nitrogens is 2. The van der Waals surface area contributed by atoms with Crippen LogP contribution in [-0.4, -0.2) is 21.7 Å². The predicted molar refractivity (Wildman–Crippen MR) is 104 cm³/mol. The second-order valence-electron chi connectivity index (χ2n) is 6.20. The summed E-state index contributed by atoms with van der Waals surface area (Å²) < 4.78 is 0. The van der Waals surface area contributed by atoms with Gasteiger partial charge in [0.25, 0.3) is 0 Å². The monoisotopic (exact) mass is 373 g/mol. The van der Waals surface area contributed by atoms with Gasteiger partial charge in [0.15, 0.2) is 0 Å². The molecule has 1 N–H and O–H groups in total. The zero-order valence-electron chi connectivity index (χ0n) is 14.5. The van der Waals surface area contributed by atoms with Crippen LogP contribution in [0.4, 0.5) is 4.79 Å². The Hall–Kier alpha value is -3.37. The zero-order valence-corrected chi connectivity index (χ0v) is 15.3. The summed E-state index contributed by atoms with van der Waals surface area (Å²) in [5, 5.41) is 14.8. The van der Waals surface area contributed by atoms with E-state index in [0.717, 1.165) is 27.5 Å². The summed E-state index contributed by atoms with van der Waals surface area (Å²) in [7, 11) is 0. The number of pyridine rings is 1. The minimum Gasteiger partial charge on any atom is -0.328 e. The molecule has 0 radical (unpaired) electrons. The Kier molecular flexibility index (Phi) is 4.48. The Bertz CT molecular complexity index is 1050. The van der Waals surface area contributed by atoms with Gasteiger partial charge in [0.05, 0.1) is 29.3 Å². The van der Waals surface area contributed by atoms with Gasteiger partial charge in [-0.2, -0.15) is 5.26 Å². The SMILES string of the molecule is CC1=NC(=O)NC(c2cccnc2)C1c1nc(-c2ccc(C#N)cc2)cs1. The summed E-state index contributed by atoms with van der Waals surface area (Å²) in [6.45, 7) is 1.86. The molecule has 2 unspecified atom stereocenters. The van der Waals surface area contributed by atoms with Crippen LogP contribution in [0, 0.1) is 11.3 Å². The van der Waals surface area contributed by atoms with Crippen LogP contribution in [0.15, 0.2) is 59.2 Å². The summed E-state index contributed by atoms with van der Waals surface area (Å²) in [6, 6.07) is 12.6. The molecule has 0 aliphatic carbocycles. The maximum atomic E-state index is 12.0. The summed E-state index contributed by atoms with van der Waals surface area (Å²) in [6.07, 6.45) is 3.46. The van der Waals surface area contributed by atoms with Gasteiger partial charge in [0.2, 0.25) is 0 Å². The van der Waals surface area contributed by atoms with E-state index in [1.165, 1.54) is 11.3 Å². The molecule has 132 valence electrons. The van der Waals surface area contributed by atoms with Crippen LogP contribution in [-0.2, 0) is 0 Å². The van der Waals surface area contributed by atoms with Crippen molar-refractivity contribution < 1.29 is 4.79 Å². The highest BCUT2D eigenvalue weighted by atomic mass is 32.1. The number of aliphatic imine (C=N–C) groups is 1. The fourth-order valence-electron chi connectivity index (χ4n) is 3.16. The highest BCUT2D eigenvalue weighted by Gasteiger charge is 2.35. The molecular weight excluding hydrogens is 358 g/mol. The molecule has 2 aromatic heterocycles. The normalized spacial score (nSPS) is 19.1. The number of urea groups is 1. The molecule has 2 atom stereocenters. The van der Waals surface area contributed by atoms with Crippen molar-refractivity contribution in [3.63, 3.8) is 0 Å². The van der Waals surface area contributed by atoms with Gasteiger partial charge in [-0.1, -0.05) is 18.2 Å². The van der Waals surface area contributed by atoms with Gasteiger partial charge in [0, 0.05) is 29.0 Å². The number of rotatable bonds is 3. The summed E-state index contributed by atoms with van der Waals surface area (Å²) in [5.41, 5.74) is 4.05. The second kappa shape index (κ2) is 7.09. The smallest absolute Gasteiger partial charge is 0.328 e. The lowest BCUT2D eigenvalue weighted by molar-refractivity contribution is 0.243. The fourth-order valence-corrected chi connectivity index (χ4v) is 4.18. The number of thiazole rings is 1. The van der Waals surface area contributed by atoms with Gasteiger partial charge < -0.3 is 5.32 Å². The number of nitrogens with one attached hydrogen (secondary N) is 1. The van der Waals surface area contributed by atoms with E-state index in [0.29, 0.717) is 5.56 Å². The van der Waals surface area contributed by atoms with E-state index in [-0.39, 0.29) is 18.0 Å². The number of hydrogen-bond donors (Lipinski definition) is 1. The molecule has 6 nitrogen and oxygen atoms in total. The molecule has 1 aromatic carbocycles. The molecular formula is C20H15N5OS. The van der Waals surface area contributed by atoms with Gasteiger partial charge >= 0.3 is 6.03 Å². The van der Waals surface area contributed by atoms with Crippen LogP contribution in [0.25, 0.3) is 11.3 Å². The zero-order chi connectivity index (χ0) is 18.8. The molecule has 3 aromatic rings. The van der Waals surface area contributed by atoms with Gasteiger partial charge in [-0.05, 0) is 30.7 Å². The lowest BCUT2D eigenvalue weighted by atomic mass is 9.89. The number of amides is 2. The van der Waals surface area contributed by atoms with E-state index in [1.54, 1.807) is 24.5 Å². The van der Waals surface area contributed by atoms with Crippen LogP contribution < -0.4 is 5.32 Å². The number of benzene rings is 1. The lowest BCUT2D eigenvalue weighted by Crippen LogP contribution is -2.38. The van der Waals surface area contributed by atoms with Crippen molar-refractivity contribution in [1.82, 2.24) is 15.3 Å². The standard InChI is InChI=1S/C20H15N5OS/c1-12-17(18(25-20(26)23-12)15-3-2-8-22-10-15)19-24-16(11-27-19)14-6-4-13(9-21)5-7-14/h2-8,10-11,17-18H,1H3,(H,25,26). The Labute approximate surface area is 160 Å². The van der Waals surface area contributed by atoms with Gasteiger partial charge in [-0.3, -0.25) is 4.98 Å². The maximum absolute atomic E-state index is 12.0. The van der Waals surface area contributed by atoms with Crippen LogP contribution in [0.3, 0.4) is 0 Å². The first kappa shape index (κ1) is 17.1. The molecule has 0 spiro atoms. The minimum absolute atomic E-state index is 0.149. The van der Waals surface area contributed by atoms with E-state index in [2.05, 4.69) is 21.4 Å². The third-order valence-corrected chi connectivity index (χ3v) is 5.41. The van der Waals surface area contributed by atoms with E-state index in [4.69, 9.17) is 10.2 Å². The predicted octanol–water partition coefficient (Wildman–Crippen LogP) is 4.09. The van der Waals surface area contributed by atoms with E-state index >= 15 is 0 Å². The van der Waals surface area contributed by atoms with Crippen molar-refractivity contribution in [3.8, 4) is 17.3 Å². The van der Waals surface area contributed by atoms with E-state index in [1.807, 2.05) is 36.6 Å². The van der Waals surface area contributed by atoms with Crippen molar-refractivity contribution >= 4 is 23.1 Å². The average Bonchev–Trinajstić information content (AvgIpc) is 3.18. The molecule has 2 amide bonds. The van der Waals surface area contributed by atoms with Crippen LogP contribution in [0.2, 0.25) is 0 Å². The molecule has 0 saturated heterocycles. The van der Waals surface area contributed by atoms with Crippen molar-refractivity contribution in [2.24, 2.45) is 4.99 Å². The lowest BCUT2D eigenvalue weighted by Gasteiger charge is -2.29. The minimum atomic E-state index is -0.346. The third-order valence-electron chi connectivity index (χ3n) is 4.48. The molecule has 27 heavy (non-hydrogen) atoms. The third kappa shape index (κ3) is 3.35. The first-order valence-corrected chi connectivity index (χ1v) is 9.25. The molecule has 1 aliphatic rings. The van der Waals surface area contributed by atoms with Crippen molar-refractivity contribution in [2.75, 3.05) is 0 Å². The quantitative estimate of drug-likeness (QED) is 0.749. The summed E-state index contributed by atoms with van der Waals surface area (Å²) in [4.78, 5) is 25.0. The number of carbonyl (C=O) groups is 1. The highest BCUT2D eigenvalue weighted by molar-refractivity contribution is 7.10. The number of nitrogens with zero attached hydrogens (tertiary/aromatic N) is 4. The largest absolute Gasteiger partial charge is 0.341 e. The number of carbonyl (C=O) groups excluding carboxylic acids is 1. The summed E-state index contributed by atoms with van der Waals surface area (Å²) >= 11 is 1.54. The Morgan fingerprint density at radius 3 is 2.74 bits per heavy atom. The van der Waals surface area contributed by atoms with Crippen LogP contribution in [0.1, 0.15) is 35.0 Å². The first-order valence-electron chi connectivity index (χ1n) is 8.37. The van der Waals surface area contributed by atoms with Crippen LogP contribution in [0.5, 0.6) is 0 Å². The van der Waals surface area contributed by atoms with Crippen molar-refractivity contribution in [3.05, 3.63) is 70.3 Å². The average molecular weight is 373 g/mol. The van der Waals surface area contributed by atoms with Gasteiger partial charge in [0.1, 0.15) is 5.01 Å².